The van der Waals surface area contributed by atoms with Crippen molar-refractivity contribution in [2.45, 2.75) is 19.8 Å². The van der Waals surface area contributed by atoms with Gasteiger partial charge in [-0.15, -0.1) is 0 Å². The van der Waals surface area contributed by atoms with Crippen LogP contribution in [-0.2, 0) is 10.0 Å². The molecule has 0 bridgehead atoms. The van der Waals surface area contributed by atoms with Crippen LogP contribution >= 0.6 is 0 Å². The zero-order valence-corrected chi connectivity index (χ0v) is 23.1. The van der Waals surface area contributed by atoms with Crippen LogP contribution < -0.4 is 20.1 Å². The van der Waals surface area contributed by atoms with Crippen molar-refractivity contribution >= 4 is 44.1 Å². The average molecular weight is 576 g/mol. The van der Waals surface area contributed by atoms with E-state index < -0.39 is 21.9 Å². The average Bonchev–Trinajstić information content (AvgIpc) is 3.33. The number of hydrogen-bond acceptors (Lipinski definition) is 7. The van der Waals surface area contributed by atoms with Crippen LogP contribution in [0.2, 0.25) is 0 Å². The van der Waals surface area contributed by atoms with Crippen LogP contribution in [0, 0.1) is 5.82 Å². The first-order chi connectivity index (χ1) is 19.5. The molecule has 5 aromatic rings. The highest BCUT2D eigenvalue weighted by Gasteiger charge is 2.16. The molecular formula is C28H26FN7O4S. The highest BCUT2D eigenvalue weighted by atomic mass is 32.2. The van der Waals surface area contributed by atoms with E-state index in [4.69, 9.17) is 4.74 Å². The summed E-state index contributed by atoms with van der Waals surface area (Å²) < 4.78 is 47.3. The maximum atomic E-state index is 14.9. The van der Waals surface area contributed by atoms with Gasteiger partial charge >= 0.3 is 6.03 Å². The number of rotatable bonds is 8. The Labute approximate surface area is 235 Å². The number of carbonyl (C=O) groups excluding carboxylic acids is 1. The second-order valence-corrected chi connectivity index (χ2v) is 11.3. The van der Waals surface area contributed by atoms with E-state index in [1.54, 1.807) is 23.1 Å². The topological polar surface area (TPSA) is 140 Å². The van der Waals surface area contributed by atoms with E-state index in [-0.39, 0.29) is 28.9 Å². The number of pyridine rings is 2. The van der Waals surface area contributed by atoms with Crippen LogP contribution in [-0.4, -0.2) is 40.5 Å². The fourth-order valence-corrected chi connectivity index (χ4v) is 4.45. The van der Waals surface area contributed by atoms with Crippen LogP contribution in [0.4, 0.5) is 26.5 Å². The number of ether oxygens (including phenoxy) is 1. The number of anilines is 3. The van der Waals surface area contributed by atoms with Crippen molar-refractivity contribution in [3.8, 4) is 17.2 Å². The summed E-state index contributed by atoms with van der Waals surface area (Å²) in [7, 11) is -3.53. The Bertz CT molecular complexity index is 1860. The van der Waals surface area contributed by atoms with Gasteiger partial charge < -0.3 is 10.1 Å². The number of benzene rings is 2. The van der Waals surface area contributed by atoms with Gasteiger partial charge in [0.2, 0.25) is 10.0 Å². The van der Waals surface area contributed by atoms with Crippen molar-refractivity contribution in [1.82, 2.24) is 19.7 Å². The molecule has 41 heavy (non-hydrogen) atoms. The summed E-state index contributed by atoms with van der Waals surface area (Å²) in [6.45, 7) is 3.99. The molecule has 2 aromatic carbocycles. The molecule has 3 aromatic heterocycles. The lowest BCUT2D eigenvalue weighted by Gasteiger charge is -2.12. The lowest BCUT2D eigenvalue weighted by molar-refractivity contribution is 0.262. The molecule has 11 nitrogen and oxygen atoms in total. The number of fused-ring (bicyclic) bond motifs is 1. The van der Waals surface area contributed by atoms with E-state index in [2.05, 4.69) is 30.4 Å². The van der Waals surface area contributed by atoms with Gasteiger partial charge in [0.25, 0.3) is 0 Å². The summed E-state index contributed by atoms with van der Waals surface area (Å²) in [6.07, 6.45) is 5.82. The molecule has 0 unspecified atom stereocenters. The molecule has 0 radical (unpaired) electrons. The van der Waals surface area contributed by atoms with E-state index in [0.29, 0.717) is 5.82 Å². The molecule has 0 aliphatic heterocycles. The quantitative estimate of drug-likeness (QED) is 0.210. The molecule has 5 rings (SSSR count). The third-order valence-corrected chi connectivity index (χ3v) is 6.46. The minimum absolute atomic E-state index is 0.0565. The van der Waals surface area contributed by atoms with E-state index in [1.807, 2.05) is 38.1 Å². The van der Waals surface area contributed by atoms with Gasteiger partial charge in [-0.1, -0.05) is 19.9 Å². The fourth-order valence-electron chi connectivity index (χ4n) is 3.96. The van der Waals surface area contributed by atoms with Crippen LogP contribution in [0.1, 0.15) is 25.5 Å². The van der Waals surface area contributed by atoms with E-state index >= 15 is 0 Å². The molecule has 2 amide bonds. The number of nitrogens with zero attached hydrogens (tertiary/aromatic N) is 4. The number of carbonyl (C=O) groups is 1. The highest BCUT2D eigenvalue weighted by Crippen LogP contribution is 2.28. The summed E-state index contributed by atoms with van der Waals surface area (Å²) >= 11 is 0. The maximum absolute atomic E-state index is 14.9. The second-order valence-electron chi connectivity index (χ2n) is 9.50. The number of amides is 2. The molecule has 210 valence electrons. The number of nitrogens with one attached hydrogen (secondary N) is 3. The van der Waals surface area contributed by atoms with E-state index in [9.17, 15) is 17.6 Å². The van der Waals surface area contributed by atoms with Crippen molar-refractivity contribution in [2.24, 2.45) is 0 Å². The van der Waals surface area contributed by atoms with Crippen LogP contribution in [0.25, 0.3) is 16.5 Å². The minimum atomic E-state index is -3.53. The second kappa shape index (κ2) is 11.2. The predicted octanol–water partition coefficient (Wildman–Crippen LogP) is 5.89. The summed E-state index contributed by atoms with van der Waals surface area (Å²) in [5.41, 5.74) is 1.44. The molecule has 0 aliphatic rings. The standard InChI is InChI=1S/C28H26FN7O4S/c1-17(2)25-15-27(36(34-25)20-5-4-19-16-30-10-8-18(19)12-20)33-28(37)32-24-7-6-21(13-23(24)29)40-22-9-11-31-26(14-22)35-41(3,38)39/h4-17H,1-3H3,(H,31,35)(H2,32,33,37). The SMILES string of the molecule is CC(C)c1cc(NC(=O)Nc2ccc(Oc3ccnc(NS(C)(=O)=O)c3)cc2F)n(-c2ccc3cnccc3c2)n1. The Morgan fingerprint density at radius 2 is 1.76 bits per heavy atom. The number of sulfonamides is 1. The number of halogens is 1. The van der Waals surface area contributed by atoms with E-state index in [0.717, 1.165) is 34.5 Å². The first-order valence-electron chi connectivity index (χ1n) is 12.5. The zero-order chi connectivity index (χ0) is 29.1. The normalized spacial score (nSPS) is 11.4. The highest BCUT2D eigenvalue weighted by molar-refractivity contribution is 7.92. The Balaban J connectivity index is 1.32. The molecule has 3 heterocycles. The van der Waals surface area contributed by atoms with Crippen molar-refractivity contribution in [3.63, 3.8) is 0 Å². The van der Waals surface area contributed by atoms with Gasteiger partial charge in [-0.2, -0.15) is 5.10 Å². The van der Waals surface area contributed by atoms with Crippen molar-refractivity contribution in [1.29, 1.82) is 0 Å². The lowest BCUT2D eigenvalue weighted by atomic mass is 10.1. The zero-order valence-electron chi connectivity index (χ0n) is 22.3. The summed E-state index contributed by atoms with van der Waals surface area (Å²) in [5, 5.41) is 11.9. The van der Waals surface area contributed by atoms with Crippen LogP contribution in [0.3, 0.4) is 0 Å². The van der Waals surface area contributed by atoms with Gasteiger partial charge in [-0.25, -0.2) is 27.3 Å². The minimum Gasteiger partial charge on any atom is -0.457 e. The number of hydrogen-bond donors (Lipinski definition) is 3. The lowest BCUT2D eigenvalue weighted by Crippen LogP contribution is -2.22. The molecule has 3 N–H and O–H groups in total. The first kappa shape index (κ1) is 27.5. The van der Waals surface area contributed by atoms with Crippen molar-refractivity contribution in [3.05, 3.63) is 90.8 Å². The van der Waals surface area contributed by atoms with Crippen LogP contribution in [0.5, 0.6) is 11.5 Å². The molecule has 0 spiro atoms. The Morgan fingerprint density at radius 1 is 0.951 bits per heavy atom. The van der Waals surface area contributed by atoms with Crippen molar-refractivity contribution < 1.29 is 22.3 Å². The Kier molecular flexibility index (Phi) is 7.53. The monoisotopic (exact) mass is 575 g/mol. The van der Waals surface area contributed by atoms with Crippen molar-refractivity contribution in [2.75, 3.05) is 21.6 Å². The fraction of sp³-hybridized carbons (Fsp3) is 0.143. The van der Waals surface area contributed by atoms with Gasteiger partial charge in [0, 0.05) is 42.2 Å². The molecule has 0 fully saturated rings. The van der Waals surface area contributed by atoms with E-state index in [1.165, 1.54) is 30.5 Å². The van der Waals surface area contributed by atoms with Gasteiger partial charge in [0.1, 0.15) is 29.0 Å². The smallest absolute Gasteiger partial charge is 0.324 e. The van der Waals surface area contributed by atoms with Gasteiger partial charge in [-0.05, 0) is 47.7 Å². The maximum Gasteiger partial charge on any atom is 0.324 e. The largest absolute Gasteiger partial charge is 0.457 e. The summed E-state index contributed by atoms with van der Waals surface area (Å²) in [5.74, 6) is 0.213. The Hall–Kier alpha value is -5.04. The molecule has 0 saturated carbocycles. The first-order valence-corrected chi connectivity index (χ1v) is 14.4. The summed E-state index contributed by atoms with van der Waals surface area (Å²) in [4.78, 5) is 20.9. The third kappa shape index (κ3) is 6.76. The van der Waals surface area contributed by atoms with Gasteiger partial charge in [-0.3, -0.25) is 15.0 Å². The Morgan fingerprint density at radius 3 is 2.51 bits per heavy atom. The van der Waals surface area contributed by atoms with Gasteiger partial charge in [0.15, 0.2) is 0 Å². The molecule has 0 atom stereocenters. The predicted molar refractivity (Wildman–Crippen MR) is 155 cm³/mol. The molecule has 0 aliphatic carbocycles. The molecular weight excluding hydrogens is 549 g/mol. The van der Waals surface area contributed by atoms with Crippen LogP contribution in [0.15, 0.2) is 79.3 Å². The number of urea groups is 1. The third-order valence-electron chi connectivity index (χ3n) is 5.88. The number of aromatic nitrogens is 4. The van der Waals surface area contributed by atoms with Gasteiger partial charge in [0.05, 0.1) is 23.3 Å². The molecule has 13 heteroatoms. The molecule has 0 saturated heterocycles. The summed E-state index contributed by atoms with van der Waals surface area (Å²) in [6, 6.07) is 15.5.